The van der Waals surface area contributed by atoms with Gasteiger partial charge >= 0.3 is 0 Å². The molecule has 3 aromatic carbocycles. The maximum absolute atomic E-state index is 13.9. The molecule has 1 unspecified atom stereocenters. The highest BCUT2D eigenvalue weighted by Crippen LogP contribution is 2.29. The second kappa shape index (κ2) is 12.5. The Hall–Kier alpha value is -3.66. The first-order valence-electron chi connectivity index (χ1n) is 12.8. The molecule has 2 atom stereocenters. The molecule has 3 N–H and O–H groups in total. The molecule has 0 aliphatic rings. The molecule has 0 spiro atoms. The van der Waals surface area contributed by atoms with Crippen LogP contribution in [-0.2, 0) is 32.0 Å². The van der Waals surface area contributed by atoms with Gasteiger partial charge in [-0.25, -0.2) is 4.90 Å². The van der Waals surface area contributed by atoms with E-state index in [1.54, 1.807) is 13.2 Å². The summed E-state index contributed by atoms with van der Waals surface area (Å²) >= 11 is -1.30. The van der Waals surface area contributed by atoms with Crippen molar-refractivity contribution < 1.29 is 23.7 Å². The molecule has 8 nitrogen and oxygen atoms in total. The van der Waals surface area contributed by atoms with Crippen LogP contribution in [-0.4, -0.2) is 51.8 Å². The van der Waals surface area contributed by atoms with Gasteiger partial charge in [0.25, 0.3) is 5.91 Å². The second-order valence-corrected chi connectivity index (χ2v) is 11.2. The zero-order chi connectivity index (χ0) is 28.1. The highest BCUT2D eigenvalue weighted by Gasteiger charge is 2.29. The van der Waals surface area contributed by atoms with Crippen molar-refractivity contribution >= 4 is 56.1 Å². The predicted octanol–water partition coefficient (Wildman–Crippen LogP) is 4.19. The smallest absolute Gasteiger partial charge is 0.250 e. The van der Waals surface area contributed by atoms with Gasteiger partial charge < -0.3 is 20.0 Å². The summed E-state index contributed by atoms with van der Waals surface area (Å²) in [6.07, 6.45) is 0.615. The van der Waals surface area contributed by atoms with E-state index in [0.29, 0.717) is 17.9 Å². The third-order valence-corrected chi connectivity index (χ3v) is 8.16. The van der Waals surface area contributed by atoms with E-state index >= 15 is 0 Å². The fraction of sp³-hybridized carbons (Fsp3) is 0.300. The lowest BCUT2D eigenvalue weighted by Gasteiger charge is -2.25. The molecule has 0 bridgehead atoms. The summed E-state index contributed by atoms with van der Waals surface area (Å²) in [5.41, 5.74) is 9.21. The maximum Gasteiger partial charge on any atom is 0.250 e. The van der Waals surface area contributed by atoms with Gasteiger partial charge in [0.15, 0.2) is 11.5 Å². The van der Waals surface area contributed by atoms with E-state index in [0.717, 1.165) is 32.9 Å². The van der Waals surface area contributed by atoms with Crippen LogP contribution in [0.3, 0.4) is 0 Å². The van der Waals surface area contributed by atoms with Gasteiger partial charge in [0.2, 0.25) is 5.91 Å². The first kappa shape index (κ1) is 28.4. The van der Waals surface area contributed by atoms with Crippen LogP contribution in [0.4, 0.5) is 5.69 Å². The summed E-state index contributed by atoms with van der Waals surface area (Å²) in [5, 5.41) is 2.73. The molecular weight excluding hydrogens is 514 g/mol. The number of hydrogen-bond donors (Lipinski definition) is 2. The summed E-state index contributed by atoms with van der Waals surface area (Å²) in [5.74, 6) is -0.158. The lowest BCUT2D eigenvalue weighted by Crippen LogP contribution is -2.48. The number of Topliss-reactive ketones (excluding diaryl/α,β-unsaturated/α-hetero) is 1. The Kier molecular flexibility index (Phi) is 9.06. The lowest BCUT2D eigenvalue weighted by atomic mass is 10.0. The quantitative estimate of drug-likeness (QED) is 0.271. The fourth-order valence-corrected chi connectivity index (χ4v) is 5.80. The van der Waals surface area contributed by atoms with Crippen molar-refractivity contribution in [3.63, 3.8) is 0 Å². The number of benzene rings is 3. The zero-order valence-electron chi connectivity index (χ0n) is 22.4. The lowest BCUT2D eigenvalue weighted by molar-refractivity contribution is -0.127. The van der Waals surface area contributed by atoms with Gasteiger partial charge in [0.05, 0.1) is 25.3 Å². The third kappa shape index (κ3) is 6.68. The van der Waals surface area contributed by atoms with E-state index in [9.17, 15) is 18.9 Å². The SMILES string of the molecule is COc1ccc2[nH]c(C)c(CC(=O)N(C(=O)[C@@H](N)CCC[S+]([O-])CC(C)=O)c3ccc4ccccc4c3)c2c1. The van der Waals surface area contributed by atoms with Crippen molar-refractivity contribution in [3.8, 4) is 5.75 Å². The number of rotatable bonds is 11. The number of nitrogens with zero attached hydrogens (tertiary/aromatic N) is 1. The summed E-state index contributed by atoms with van der Waals surface area (Å²) in [7, 11) is 1.59. The number of methoxy groups -OCH3 is 1. The van der Waals surface area contributed by atoms with Gasteiger partial charge in [-0.3, -0.25) is 14.4 Å². The average Bonchev–Trinajstić information content (AvgIpc) is 3.21. The zero-order valence-corrected chi connectivity index (χ0v) is 23.2. The van der Waals surface area contributed by atoms with Crippen molar-refractivity contribution in [2.45, 2.75) is 39.2 Å². The number of aromatic amines is 1. The number of nitrogens with one attached hydrogen (secondary N) is 1. The first-order chi connectivity index (χ1) is 18.7. The highest BCUT2D eigenvalue weighted by molar-refractivity contribution is 7.92. The highest BCUT2D eigenvalue weighted by atomic mass is 32.2. The van der Waals surface area contributed by atoms with Gasteiger partial charge in [-0.05, 0) is 84.5 Å². The Labute approximate surface area is 230 Å². The van der Waals surface area contributed by atoms with Gasteiger partial charge in [-0.2, -0.15) is 0 Å². The number of imide groups is 1. The third-order valence-electron chi connectivity index (χ3n) is 6.68. The number of ether oxygens (including phenoxy) is 1. The minimum atomic E-state index is -1.30. The number of nitrogens with two attached hydrogens (primary N) is 1. The Morgan fingerprint density at radius 3 is 2.54 bits per heavy atom. The summed E-state index contributed by atoms with van der Waals surface area (Å²) < 4.78 is 17.4. The van der Waals surface area contributed by atoms with Gasteiger partial charge in [-0.1, -0.05) is 30.3 Å². The number of aromatic nitrogens is 1. The van der Waals surface area contributed by atoms with Crippen molar-refractivity contribution in [3.05, 3.63) is 71.9 Å². The van der Waals surface area contributed by atoms with Gasteiger partial charge in [0, 0.05) is 16.6 Å². The fourth-order valence-electron chi connectivity index (χ4n) is 4.71. The van der Waals surface area contributed by atoms with E-state index in [2.05, 4.69) is 4.98 Å². The second-order valence-electron chi connectivity index (χ2n) is 9.65. The van der Waals surface area contributed by atoms with E-state index in [1.165, 1.54) is 11.8 Å². The number of carbonyl (C=O) groups is 3. The maximum atomic E-state index is 13.9. The van der Waals surface area contributed by atoms with Gasteiger partial charge in [-0.15, -0.1) is 0 Å². The van der Waals surface area contributed by atoms with Gasteiger partial charge in [0.1, 0.15) is 11.5 Å². The number of carbonyl (C=O) groups excluding carboxylic acids is 3. The number of ketones is 1. The minimum absolute atomic E-state index is 0.0142. The molecule has 204 valence electrons. The molecule has 0 saturated heterocycles. The number of H-pyrrole nitrogens is 1. The van der Waals surface area contributed by atoms with Crippen LogP contribution in [0, 0.1) is 6.92 Å². The van der Waals surface area contributed by atoms with Crippen LogP contribution in [0.15, 0.2) is 60.7 Å². The number of hydrogen-bond acceptors (Lipinski definition) is 6. The Morgan fingerprint density at radius 2 is 1.82 bits per heavy atom. The molecule has 0 saturated carbocycles. The molecule has 39 heavy (non-hydrogen) atoms. The number of fused-ring (bicyclic) bond motifs is 2. The molecule has 1 aromatic heterocycles. The molecular formula is C30H33N3O5S. The molecule has 0 radical (unpaired) electrons. The normalized spacial score (nSPS) is 12.8. The molecule has 1 heterocycles. The number of aryl methyl sites for hydroxylation is 1. The number of amides is 2. The Balaban J connectivity index is 1.63. The molecule has 2 amide bonds. The summed E-state index contributed by atoms with van der Waals surface area (Å²) in [4.78, 5) is 43.2. The van der Waals surface area contributed by atoms with E-state index < -0.39 is 29.0 Å². The average molecular weight is 548 g/mol. The van der Waals surface area contributed by atoms with E-state index in [4.69, 9.17) is 10.5 Å². The van der Waals surface area contributed by atoms with Crippen molar-refractivity contribution in [1.82, 2.24) is 4.98 Å². The van der Waals surface area contributed by atoms with Crippen LogP contribution in [0.25, 0.3) is 21.7 Å². The first-order valence-corrected chi connectivity index (χ1v) is 14.3. The van der Waals surface area contributed by atoms with Crippen LogP contribution in [0.5, 0.6) is 5.75 Å². The molecule has 9 heteroatoms. The molecule has 0 fully saturated rings. The van der Waals surface area contributed by atoms with E-state index in [1.807, 2.05) is 61.5 Å². The number of anilines is 1. The van der Waals surface area contributed by atoms with Crippen molar-refractivity contribution in [2.75, 3.05) is 23.5 Å². The van der Waals surface area contributed by atoms with Crippen LogP contribution in [0.2, 0.25) is 0 Å². The molecule has 4 aromatic rings. The standard InChI is InChI=1S/C30H33N3O5S/c1-19(34)18-39(37)14-6-9-27(31)30(36)33(23-11-10-21-7-4-5-8-22(21)15-23)29(35)17-25-20(2)32-28-13-12-24(38-3)16-26(25)28/h4-5,7-8,10-13,15-16,27,32H,6,9,14,17-18,31H2,1-3H3/t27-,39?/m0/s1. The largest absolute Gasteiger partial charge is 0.616 e. The molecule has 4 rings (SSSR count). The monoisotopic (exact) mass is 547 g/mol. The Bertz CT molecular complexity index is 1520. The van der Waals surface area contributed by atoms with Crippen molar-refractivity contribution in [2.24, 2.45) is 5.73 Å². The van der Waals surface area contributed by atoms with Crippen molar-refractivity contribution in [1.29, 1.82) is 0 Å². The summed E-state index contributed by atoms with van der Waals surface area (Å²) in [6.45, 7) is 3.29. The minimum Gasteiger partial charge on any atom is -0.616 e. The summed E-state index contributed by atoms with van der Waals surface area (Å²) in [6, 6.07) is 17.8. The van der Waals surface area contributed by atoms with Crippen LogP contribution >= 0.6 is 0 Å². The van der Waals surface area contributed by atoms with E-state index in [-0.39, 0.29) is 30.1 Å². The molecule has 0 aliphatic heterocycles. The topological polar surface area (TPSA) is 129 Å². The van der Waals surface area contributed by atoms with Crippen LogP contribution in [0.1, 0.15) is 31.0 Å². The Morgan fingerprint density at radius 1 is 1.08 bits per heavy atom. The predicted molar refractivity (Wildman–Crippen MR) is 155 cm³/mol. The van der Waals surface area contributed by atoms with Crippen LogP contribution < -0.4 is 15.4 Å². The molecule has 0 aliphatic carbocycles.